The molecular weight excluding hydrogens is 547 g/mol. The van der Waals surface area contributed by atoms with Gasteiger partial charge in [0.15, 0.2) is 5.82 Å². The molecule has 3 aromatic rings. The number of nitriles is 1. The highest BCUT2D eigenvalue weighted by molar-refractivity contribution is 5.82. The van der Waals surface area contributed by atoms with Crippen molar-refractivity contribution < 1.29 is 13.9 Å². The van der Waals surface area contributed by atoms with Crippen LogP contribution in [0.5, 0.6) is 11.6 Å². The third-order valence-electron chi connectivity index (χ3n) is 9.30. The monoisotopic (exact) mass is 580 g/mol. The SMILES string of the molecule is C=C[C@H]1CN[C@H](C(=O)N2CCC3(CC2)CN(c2ncnnc2Oc2ccc(F)cc2-c2ccc(C#N)nc2C2CC2)C3)C1. The summed E-state index contributed by atoms with van der Waals surface area (Å²) in [5, 5.41) is 21.0. The summed E-state index contributed by atoms with van der Waals surface area (Å²) in [4.78, 5) is 26.3. The van der Waals surface area contributed by atoms with Gasteiger partial charge in [0.25, 0.3) is 5.88 Å². The van der Waals surface area contributed by atoms with Crippen molar-refractivity contribution >= 4 is 11.7 Å². The van der Waals surface area contributed by atoms with Crippen molar-refractivity contribution in [1.29, 1.82) is 5.26 Å². The number of carbonyl (C=O) groups excluding carboxylic acids is 1. The van der Waals surface area contributed by atoms with Crippen molar-refractivity contribution in [3.8, 4) is 28.8 Å². The molecule has 0 unspecified atom stereocenters. The molecule has 1 spiro atoms. The van der Waals surface area contributed by atoms with Crippen molar-refractivity contribution in [2.24, 2.45) is 11.3 Å². The van der Waals surface area contributed by atoms with E-state index >= 15 is 0 Å². The fourth-order valence-electron chi connectivity index (χ4n) is 6.66. The van der Waals surface area contributed by atoms with Crippen LogP contribution in [0.1, 0.15) is 49.4 Å². The highest BCUT2D eigenvalue weighted by Crippen LogP contribution is 2.47. The van der Waals surface area contributed by atoms with Crippen LogP contribution in [0.25, 0.3) is 11.1 Å². The first-order valence-electron chi connectivity index (χ1n) is 14.9. The van der Waals surface area contributed by atoms with Gasteiger partial charge in [-0.3, -0.25) is 4.79 Å². The lowest BCUT2D eigenvalue weighted by atomic mass is 9.72. The van der Waals surface area contributed by atoms with Crippen LogP contribution in [0, 0.1) is 28.5 Å². The van der Waals surface area contributed by atoms with Crippen LogP contribution in [-0.2, 0) is 4.79 Å². The second-order valence-electron chi connectivity index (χ2n) is 12.2. The highest BCUT2D eigenvalue weighted by atomic mass is 19.1. The lowest BCUT2D eigenvalue weighted by molar-refractivity contribution is -0.135. The van der Waals surface area contributed by atoms with E-state index in [0.717, 1.165) is 76.1 Å². The van der Waals surface area contributed by atoms with Gasteiger partial charge in [0.2, 0.25) is 5.91 Å². The quantitative estimate of drug-likeness (QED) is 0.410. The van der Waals surface area contributed by atoms with E-state index in [1.165, 1.54) is 18.5 Å². The van der Waals surface area contributed by atoms with Crippen molar-refractivity contribution in [3.63, 3.8) is 0 Å². The summed E-state index contributed by atoms with van der Waals surface area (Å²) in [7, 11) is 0. The van der Waals surface area contributed by atoms with Crippen LogP contribution < -0.4 is 15.0 Å². The number of piperidine rings is 1. The van der Waals surface area contributed by atoms with Gasteiger partial charge in [-0.05, 0) is 68.4 Å². The molecule has 4 aliphatic rings. The van der Waals surface area contributed by atoms with Gasteiger partial charge in [0.05, 0.1) is 11.7 Å². The van der Waals surface area contributed by atoms with E-state index < -0.39 is 5.82 Å². The fraction of sp³-hybridized carbons (Fsp3) is 0.438. The molecule has 10 nitrogen and oxygen atoms in total. The Kier molecular flexibility index (Phi) is 7.01. The van der Waals surface area contributed by atoms with E-state index in [0.29, 0.717) is 28.7 Å². The molecule has 1 amide bonds. The molecule has 7 rings (SSSR count). The minimum Gasteiger partial charge on any atom is -0.434 e. The average Bonchev–Trinajstić information content (AvgIpc) is 3.76. The predicted molar refractivity (Wildman–Crippen MR) is 157 cm³/mol. The molecule has 11 heteroatoms. The zero-order valence-corrected chi connectivity index (χ0v) is 23.9. The van der Waals surface area contributed by atoms with Crippen LogP contribution >= 0.6 is 0 Å². The first-order chi connectivity index (χ1) is 20.9. The predicted octanol–water partition coefficient (Wildman–Crippen LogP) is 4.21. The number of rotatable bonds is 7. The number of amides is 1. The minimum absolute atomic E-state index is 0.111. The van der Waals surface area contributed by atoms with Gasteiger partial charge in [-0.2, -0.15) is 5.26 Å². The van der Waals surface area contributed by atoms with Crippen LogP contribution in [0.15, 0.2) is 49.3 Å². The summed E-state index contributed by atoms with van der Waals surface area (Å²) >= 11 is 0. The number of anilines is 1. The second-order valence-corrected chi connectivity index (χ2v) is 12.2. The van der Waals surface area contributed by atoms with Gasteiger partial charge in [-0.15, -0.1) is 16.8 Å². The number of pyridine rings is 1. The Morgan fingerprint density at radius 1 is 1.19 bits per heavy atom. The first kappa shape index (κ1) is 27.4. The van der Waals surface area contributed by atoms with Crippen molar-refractivity contribution in [1.82, 2.24) is 30.4 Å². The fourth-order valence-corrected chi connectivity index (χ4v) is 6.66. The molecule has 1 aliphatic carbocycles. The maximum atomic E-state index is 14.5. The molecule has 1 N–H and O–H groups in total. The van der Waals surface area contributed by atoms with E-state index in [2.05, 4.69) is 43.0 Å². The number of aromatic nitrogens is 4. The molecule has 5 heterocycles. The van der Waals surface area contributed by atoms with E-state index in [1.807, 2.05) is 17.0 Å². The summed E-state index contributed by atoms with van der Waals surface area (Å²) in [5.74, 6) is 1.64. The van der Waals surface area contributed by atoms with E-state index in [9.17, 15) is 14.4 Å². The number of hydrogen-bond donors (Lipinski definition) is 1. The number of carbonyl (C=O) groups is 1. The van der Waals surface area contributed by atoms with Crippen LogP contribution in [0.2, 0.25) is 0 Å². The number of hydrogen-bond acceptors (Lipinski definition) is 9. The average molecular weight is 581 g/mol. The molecule has 2 aromatic heterocycles. The summed E-state index contributed by atoms with van der Waals surface area (Å²) in [6.45, 7) is 7.74. The Morgan fingerprint density at radius 3 is 2.72 bits per heavy atom. The third-order valence-corrected chi connectivity index (χ3v) is 9.30. The van der Waals surface area contributed by atoms with Crippen LogP contribution in [0.3, 0.4) is 0 Å². The first-order valence-corrected chi connectivity index (χ1v) is 14.9. The molecule has 0 radical (unpaired) electrons. The van der Waals surface area contributed by atoms with Gasteiger partial charge in [0.1, 0.15) is 29.7 Å². The number of ether oxygens (including phenoxy) is 1. The van der Waals surface area contributed by atoms with E-state index in [4.69, 9.17) is 4.74 Å². The number of halogens is 1. The topological polar surface area (TPSA) is 120 Å². The van der Waals surface area contributed by atoms with Crippen LogP contribution in [-0.4, -0.2) is 69.7 Å². The van der Waals surface area contributed by atoms with Gasteiger partial charge < -0.3 is 19.9 Å². The Labute approximate surface area is 249 Å². The lowest BCUT2D eigenvalue weighted by Crippen LogP contribution is -2.62. The summed E-state index contributed by atoms with van der Waals surface area (Å²) < 4.78 is 20.8. The van der Waals surface area contributed by atoms with Crippen LogP contribution in [0.4, 0.5) is 10.2 Å². The molecular formula is C32H33FN8O2. The molecule has 0 bridgehead atoms. The largest absolute Gasteiger partial charge is 0.434 e. The van der Waals surface area contributed by atoms with Gasteiger partial charge >= 0.3 is 0 Å². The highest BCUT2D eigenvalue weighted by Gasteiger charge is 2.47. The van der Waals surface area contributed by atoms with Crippen molar-refractivity contribution in [2.45, 2.75) is 44.1 Å². The standard InChI is InChI=1S/C32H33FN8O2/c1-2-20-13-26(35-16-20)31(42)40-11-9-32(10-12-40)17-41(18-32)29-30(39-37-19-36-29)43-27-8-5-22(33)14-25(27)24-7-6-23(15-34)38-28(24)21-3-4-21/h2,5-8,14,19-21,26,35H,1,3-4,9-13,16-18H2/t20-,26+/m1/s1. The normalized spacial score (nSPS) is 22.6. The maximum absolute atomic E-state index is 14.5. The Bertz CT molecular complexity index is 1600. The number of likely N-dealkylation sites (tertiary alicyclic amines) is 1. The molecule has 3 saturated heterocycles. The zero-order chi connectivity index (χ0) is 29.6. The van der Waals surface area contributed by atoms with E-state index in [-0.39, 0.29) is 29.2 Å². The smallest absolute Gasteiger partial charge is 0.282 e. The number of nitrogens with zero attached hydrogens (tertiary/aromatic N) is 7. The second kappa shape index (κ2) is 11.0. The lowest BCUT2D eigenvalue weighted by Gasteiger charge is -2.54. The molecule has 4 fully saturated rings. The van der Waals surface area contributed by atoms with Crippen molar-refractivity contribution in [3.05, 3.63) is 66.5 Å². The van der Waals surface area contributed by atoms with E-state index in [1.54, 1.807) is 12.1 Å². The summed E-state index contributed by atoms with van der Waals surface area (Å²) in [6.07, 6.45) is 7.98. The zero-order valence-electron chi connectivity index (χ0n) is 23.9. The number of nitrogens with one attached hydrogen (secondary N) is 1. The maximum Gasteiger partial charge on any atom is 0.282 e. The Morgan fingerprint density at radius 2 is 2.00 bits per heavy atom. The third kappa shape index (κ3) is 5.31. The number of benzene rings is 1. The summed E-state index contributed by atoms with van der Waals surface area (Å²) in [5.41, 5.74) is 2.52. The molecule has 1 aromatic carbocycles. The molecule has 2 atom stereocenters. The van der Waals surface area contributed by atoms with Gasteiger partial charge in [-0.1, -0.05) is 6.08 Å². The molecule has 220 valence electrons. The van der Waals surface area contributed by atoms with Gasteiger partial charge in [-0.25, -0.2) is 14.4 Å². The van der Waals surface area contributed by atoms with Crippen molar-refractivity contribution in [2.75, 3.05) is 37.6 Å². The summed E-state index contributed by atoms with van der Waals surface area (Å²) in [6, 6.07) is 9.81. The van der Waals surface area contributed by atoms with Gasteiger partial charge in [0, 0.05) is 55.2 Å². The minimum atomic E-state index is -0.398. The Balaban J connectivity index is 1.06. The molecule has 43 heavy (non-hydrogen) atoms. The molecule has 3 aliphatic heterocycles. The Hall–Kier alpha value is -4.43. The molecule has 1 saturated carbocycles.